The molecule has 4 rings (SSSR count). The molecule has 7 nitrogen and oxygen atoms in total. The maximum Gasteiger partial charge on any atom is 0.256 e. The lowest BCUT2D eigenvalue weighted by Gasteiger charge is -2.34. The van der Waals surface area contributed by atoms with Gasteiger partial charge in [-0.3, -0.25) is 4.79 Å². The predicted molar refractivity (Wildman–Crippen MR) is 111 cm³/mol. The van der Waals surface area contributed by atoms with Gasteiger partial charge in [0.25, 0.3) is 5.91 Å². The number of carbonyl (C=O) groups excluding carboxylic acids is 1. The number of nitrogens with one attached hydrogen (secondary N) is 1. The van der Waals surface area contributed by atoms with Gasteiger partial charge in [0.05, 0.1) is 5.56 Å². The van der Waals surface area contributed by atoms with E-state index >= 15 is 0 Å². The number of hydrogen-bond donors (Lipinski definition) is 1. The molecule has 0 aliphatic carbocycles. The van der Waals surface area contributed by atoms with E-state index in [9.17, 15) is 4.79 Å². The third-order valence-electron chi connectivity index (χ3n) is 5.53. The Morgan fingerprint density at radius 1 is 0.893 bits per heavy atom. The molecule has 0 radical (unpaired) electrons. The van der Waals surface area contributed by atoms with E-state index in [1.54, 1.807) is 12.4 Å². The minimum atomic E-state index is 0.0304. The fourth-order valence-electron chi connectivity index (χ4n) is 3.73. The minimum Gasteiger partial charge on any atom is -0.369 e. The Labute approximate surface area is 166 Å². The molecule has 2 aromatic rings. The monoisotopic (exact) mass is 380 g/mol. The molecule has 0 atom stereocenters. The summed E-state index contributed by atoms with van der Waals surface area (Å²) in [6.07, 6.45) is 6.60. The summed E-state index contributed by atoms with van der Waals surface area (Å²) in [6, 6.07) is 8.34. The first-order chi connectivity index (χ1) is 13.7. The fourth-order valence-corrected chi connectivity index (χ4v) is 3.73. The van der Waals surface area contributed by atoms with Crippen molar-refractivity contribution in [2.45, 2.75) is 19.3 Å². The molecule has 1 aromatic heterocycles. The van der Waals surface area contributed by atoms with Crippen molar-refractivity contribution in [2.24, 2.45) is 0 Å². The number of likely N-dealkylation sites (tertiary alicyclic amines) is 1. The Bertz CT molecular complexity index is 778. The summed E-state index contributed by atoms with van der Waals surface area (Å²) >= 11 is 0. The maximum absolute atomic E-state index is 12.5. The molecule has 1 N–H and O–H groups in total. The number of likely N-dealkylation sites (N-methyl/N-ethyl adjacent to an activating group) is 1. The molecular formula is C21H28N6O. The van der Waals surface area contributed by atoms with E-state index in [0.717, 1.165) is 57.8 Å². The number of anilines is 3. The van der Waals surface area contributed by atoms with E-state index in [-0.39, 0.29) is 5.91 Å². The zero-order valence-corrected chi connectivity index (χ0v) is 16.5. The first-order valence-corrected chi connectivity index (χ1v) is 10.1. The van der Waals surface area contributed by atoms with Crippen molar-refractivity contribution >= 4 is 23.2 Å². The number of hydrogen-bond acceptors (Lipinski definition) is 6. The third-order valence-corrected chi connectivity index (χ3v) is 5.53. The van der Waals surface area contributed by atoms with Crippen LogP contribution < -0.4 is 10.2 Å². The second kappa shape index (κ2) is 8.56. The van der Waals surface area contributed by atoms with Crippen molar-refractivity contribution in [2.75, 3.05) is 56.5 Å². The molecule has 2 saturated heterocycles. The van der Waals surface area contributed by atoms with E-state index in [1.165, 1.54) is 12.1 Å². The summed E-state index contributed by atoms with van der Waals surface area (Å²) in [7, 11) is 2.16. The predicted octanol–water partition coefficient (Wildman–Crippen LogP) is 2.60. The van der Waals surface area contributed by atoms with Gasteiger partial charge >= 0.3 is 0 Å². The van der Waals surface area contributed by atoms with Crippen LogP contribution in [-0.4, -0.2) is 72.0 Å². The Hall–Kier alpha value is -2.67. The second-order valence-electron chi connectivity index (χ2n) is 7.61. The van der Waals surface area contributed by atoms with Crippen LogP contribution in [-0.2, 0) is 0 Å². The Morgan fingerprint density at radius 2 is 1.54 bits per heavy atom. The molecule has 2 aliphatic heterocycles. The first-order valence-electron chi connectivity index (χ1n) is 10.1. The van der Waals surface area contributed by atoms with Gasteiger partial charge in [0.2, 0.25) is 5.95 Å². The number of rotatable bonds is 4. The van der Waals surface area contributed by atoms with Gasteiger partial charge in [0.1, 0.15) is 0 Å². The average molecular weight is 380 g/mol. The van der Waals surface area contributed by atoms with Crippen LogP contribution >= 0.6 is 0 Å². The maximum atomic E-state index is 12.5. The Kier molecular flexibility index (Phi) is 5.71. The van der Waals surface area contributed by atoms with Gasteiger partial charge in [-0.05, 0) is 50.6 Å². The molecular weight excluding hydrogens is 352 g/mol. The highest BCUT2D eigenvalue weighted by Crippen LogP contribution is 2.21. The molecule has 2 fully saturated rings. The van der Waals surface area contributed by atoms with Crippen molar-refractivity contribution in [1.29, 1.82) is 0 Å². The molecule has 0 unspecified atom stereocenters. The molecule has 28 heavy (non-hydrogen) atoms. The van der Waals surface area contributed by atoms with Gasteiger partial charge < -0.3 is 20.0 Å². The average Bonchev–Trinajstić information content (AvgIpc) is 2.76. The van der Waals surface area contributed by atoms with Gasteiger partial charge in [-0.25, -0.2) is 9.97 Å². The molecule has 1 amide bonds. The van der Waals surface area contributed by atoms with Crippen LogP contribution in [0.25, 0.3) is 0 Å². The zero-order valence-electron chi connectivity index (χ0n) is 16.5. The van der Waals surface area contributed by atoms with Crippen molar-refractivity contribution in [3.05, 3.63) is 42.2 Å². The fraction of sp³-hybridized carbons (Fsp3) is 0.476. The SMILES string of the molecule is CN1CCN(c2ccc(Nc3ncc(C(=O)N4CCCCC4)cn3)cc2)CC1. The normalized spacial score (nSPS) is 18.2. The zero-order chi connectivity index (χ0) is 19.3. The number of amides is 1. The highest BCUT2D eigenvalue weighted by Gasteiger charge is 2.19. The van der Waals surface area contributed by atoms with E-state index in [0.29, 0.717) is 11.5 Å². The largest absolute Gasteiger partial charge is 0.369 e. The molecule has 1 aromatic carbocycles. The third kappa shape index (κ3) is 4.42. The number of piperidine rings is 1. The summed E-state index contributed by atoms with van der Waals surface area (Å²) in [5.41, 5.74) is 2.73. The Morgan fingerprint density at radius 3 is 2.18 bits per heavy atom. The van der Waals surface area contributed by atoms with Crippen LogP contribution in [0.4, 0.5) is 17.3 Å². The van der Waals surface area contributed by atoms with Crippen LogP contribution in [0, 0.1) is 0 Å². The van der Waals surface area contributed by atoms with Gasteiger partial charge in [-0.15, -0.1) is 0 Å². The highest BCUT2D eigenvalue weighted by molar-refractivity contribution is 5.93. The van der Waals surface area contributed by atoms with Gasteiger partial charge in [-0.2, -0.15) is 0 Å². The number of piperazine rings is 1. The smallest absolute Gasteiger partial charge is 0.256 e. The van der Waals surface area contributed by atoms with Crippen molar-refractivity contribution in [3.63, 3.8) is 0 Å². The Balaban J connectivity index is 1.35. The quantitative estimate of drug-likeness (QED) is 0.880. The lowest BCUT2D eigenvalue weighted by atomic mass is 10.1. The van der Waals surface area contributed by atoms with Crippen LogP contribution in [0.15, 0.2) is 36.7 Å². The number of nitrogens with zero attached hydrogens (tertiary/aromatic N) is 5. The topological polar surface area (TPSA) is 64.6 Å². The molecule has 0 spiro atoms. The van der Waals surface area contributed by atoms with E-state index in [4.69, 9.17) is 0 Å². The summed E-state index contributed by atoms with van der Waals surface area (Å²) in [5, 5.41) is 3.21. The van der Waals surface area contributed by atoms with Gasteiger partial charge in [0.15, 0.2) is 0 Å². The summed E-state index contributed by atoms with van der Waals surface area (Å²) in [5.74, 6) is 0.533. The lowest BCUT2D eigenvalue weighted by molar-refractivity contribution is 0.0723. The first kappa shape index (κ1) is 18.7. The lowest BCUT2D eigenvalue weighted by Crippen LogP contribution is -2.44. The molecule has 0 saturated carbocycles. The van der Waals surface area contributed by atoms with Crippen molar-refractivity contribution in [3.8, 4) is 0 Å². The van der Waals surface area contributed by atoms with E-state index in [1.807, 2.05) is 17.0 Å². The minimum absolute atomic E-state index is 0.0304. The summed E-state index contributed by atoms with van der Waals surface area (Å²) < 4.78 is 0. The number of aromatic nitrogens is 2. The summed E-state index contributed by atoms with van der Waals surface area (Å²) in [6.45, 7) is 5.96. The number of benzene rings is 1. The standard InChI is InChI=1S/C21H28N6O/c1-25-11-13-26(14-12-25)19-7-5-18(6-8-19)24-21-22-15-17(16-23-21)20(28)27-9-3-2-4-10-27/h5-8,15-16H,2-4,9-14H2,1H3,(H,22,23,24). The molecule has 148 valence electrons. The van der Waals surface area contributed by atoms with Crippen molar-refractivity contribution in [1.82, 2.24) is 19.8 Å². The number of carbonyl (C=O) groups is 1. The van der Waals surface area contributed by atoms with Gasteiger partial charge in [0, 0.05) is 63.0 Å². The van der Waals surface area contributed by atoms with Crippen LogP contribution in [0.5, 0.6) is 0 Å². The van der Waals surface area contributed by atoms with Crippen LogP contribution in [0.2, 0.25) is 0 Å². The molecule has 7 heteroatoms. The van der Waals surface area contributed by atoms with E-state index < -0.39 is 0 Å². The van der Waals surface area contributed by atoms with Crippen LogP contribution in [0.3, 0.4) is 0 Å². The molecule has 2 aliphatic rings. The van der Waals surface area contributed by atoms with Crippen LogP contribution in [0.1, 0.15) is 29.6 Å². The second-order valence-corrected chi connectivity index (χ2v) is 7.61. The van der Waals surface area contributed by atoms with Crippen molar-refractivity contribution < 1.29 is 4.79 Å². The molecule has 0 bridgehead atoms. The summed E-state index contributed by atoms with van der Waals surface area (Å²) in [4.78, 5) is 27.8. The highest BCUT2D eigenvalue weighted by atomic mass is 16.2. The van der Waals surface area contributed by atoms with E-state index in [2.05, 4.69) is 44.3 Å². The van der Waals surface area contributed by atoms with Gasteiger partial charge in [-0.1, -0.05) is 0 Å². The molecule has 3 heterocycles.